The summed E-state index contributed by atoms with van der Waals surface area (Å²) >= 11 is 0. The van der Waals surface area contributed by atoms with Gasteiger partial charge in [-0.05, 0) is 43.3 Å². The Labute approximate surface area is 118 Å². The second-order valence-electron chi connectivity index (χ2n) is 4.32. The zero-order valence-electron chi connectivity index (χ0n) is 11.6. The average Bonchev–Trinajstić information content (AvgIpc) is 2.49. The molecule has 1 amide bonds. The lowest BCUT2D eigenvalue weighted by Gasteiger charge is -2.22. The van der Waals surface area contributed by atoms with Gasteiger partial charge in [-0.2, -0.15) is 0 Å². The maximum atomic E-state index is 13.0. The molecule has 3 nitrogen and oxygen atoms in total. The number of carbonyl (C=O) groups excluding carboxylic acids is 1. The van der Waals surface area contributed by atoms with Crippen LogP contribution in [0.15, 0.2) is 48.5 Å². The van der Waals surface area contributed by atoms with E-state index >= 15 is 0 Å². The molecule has 0 saturated heterocycles. The van der Waals surface area contributed by atoms with Gasteiger partial charge in [0.05, 0.1) is 5.56 Å². The van der Waals surface area contributed by atoms with Crippen LogP contribution in [0.2, 0.25) is 0 Å². The van der Waals surface area contributed by atoms with Gasteiger partial charge in [0, 0.05) is 25.0 Å². The highest BCUT2D eigenvalue weighted by Crippen LogP contribution is 2.21. The van der Waals surface area contributed by atoms with Gasteiger partial charge in [0.2, 0.25) is 0 Å². The molecule has 2 aromatic rings. The highest BCUT2D eigenvalue weighted by molar-refractivity contribution is 6.09. The van der Waals surface area contributed by atoms with Crippen LogP contribution in [0.1, 0.15) is 17.3 Å². The van der Waals surface area contributed by atoms with Gasteiger partial charge in [-0.1, -0.05) is 12.1 Å². The predicted octanol–water partition coefficient (Wildman–Crippen LogP) is 3.53. The van der Waals surface area contributed by atoms with E-state index in [9.17, 15) is 9.18 Å². The zero-order chi connectivity index (χ0) is 14.5. The number of nitrogens with zero attached hydrogens (tertiary/aromatic N) is 1. The maximum absolute atomic E-state index is 13.0. The van der Waals surface area contributed by atoms with E-state index in [0.29, 0.717) is 17.8 Å². The van der Waals surface area contributed by atoms with E-state index in [-0.39, 0.29) is 11.7 Å². The van der Waals surface area contributed by atoms with E-state index in [0.717, 1.165) is 5.69 Å². The summed E-state index contributed by atoms with van der Waals surface area (Å²) in [4.78, 5) is 14.3. The van der Waals surface area contributed by atoms with E-state index in [1.54, 1.807) is 30.1 Å². The molecule has 20 heavy (non-hydrogen) atoms. The van der Waals surface area contributed by atoms with Crippen molar-refractivity contribution in [2.45, 2.75) is 6.92 Å². The normalized spacial score (nSPS) is 10.2. The van der Waals surface area contributed by atoms with Crippen LogP contribution < -0.4 is 10.2 Å². The molecule has 0 bridgehead atoms. The number of para-hydroxylation sites is 1. The lowest BCUT2D eigenvalue weighted by molar-refractivity contribution is 0.0989. The number of halogens is 1. The third kappa shape index (κ3) is 2.79. The number of nitrogens with one attached hydrogen (secondary N) is 1. The molecule has 0 spiro atoms. The Morgan fingerprint density at radius 3 is 2.40 bits per heavy atom. The van der Waals surface area contributed by atoms with E-state index in [4.69, 9.17) is 0 Å². The van der Waals surface area contributed by atoms with Crippen molar-refractivity contribution < 1.29 is 9.18 Å². The Hall–Kier alpha value is -2.36. The van der Waals surface area contributed by atoms with Gasteiger partial charge < -0.3 is 10.2 Å². The highest BCUT2D eigenvalue weighted by atomic mass is 19.1. The zero-order valence-corrected chi connectivity index (χ0v) is 11.6. The summed E-state index contributed by atoms with van der Waals surface area (Å²) in [5, 5.41) is 3.01. The lowest BCUT2D eigenvalue weighted by atomic mass is 10.1. The molecule has 2 aromatic carbocycles. The Morgan fingerprint density at radius 2 is 1.80 bits per heavy atom. The molecule has 0 heterocycles. The molecule has 0 aliphatic carbocycles. The van der Waals surface area contributed by atoms with E-state index in [1.165, 1.54) is 12.1 Å². The number of benzene rings is 2. The first-order chi connectivity index (χ1) is 9.67. The number of carbonyl (C=O) groups is 1. The second-order valence-corrected chi connectivity index (χ2v) is 4.32. The molecule has 0 atom stereocenters. The fourth-order valence-corrected chi connectivity index (χ4v) is 2.10. The smallest absolute Gasteiger partial charge is 0.260 e. The second kappa shape index (κ2) is 6.19. The van der Waals surface area contributed by atoms with E-state index in [1.807, 2.05) is 25.1 Å². The van der Waals surface area contributed by atoms with Crippen LogP contribution in [-0.2, 0) is 0 Å². The Balaban J connectivity index is 2.36. The van der Waals surface area contributed by atoms with Crippen molar-refractivity contribution in [3.05, 3.63) is 59.9 Å². The molecule has 2 rings (SSSR count). The summed E-state index contributed by atoms with van der Waals surface area (Å²) in [5.41, 5.74) is 2.06. The van der Waals surface area contributed by atoms with Crippen molar-refractivity contribution in [3.63, 3.8) is 0 Å². The monoisotopic (exact) mass is 272 g/mol. The molecule has 104 valence electrons. The first kappa shape index (κ1) is 14.1. The maximum Gasteiger partial charge on any atom is 0.260 e. The number of hydrogen-bond donors (Lipinski definition) is 1. The van der Waals surface area contributed by atoms with Crippen LogP contribution in [-0.4, -0.2) is 19.5 Å². The molecule has 0 aliphatic heterocycles. The van der Waals surface area contributed by atoms with Crippen LogP contribution in [0.3, 0.4) is 0 Å². The Kier molecular flexibility index (Phi) is 4.35. The summed E-state index contributed by atoms with van der Waals surface area (Å²) in [6.45, 7) is 2.41. The van der Waals surface area contributed by atoms with Crippen molar-refractivity contribution in [2.24, 2.45) is 0 Å². The summed E-state index contributed by atoms with van der Waals surface area (Å²) in [5.74, 6) is -0.420. The predicted molar refractivity (Wildman–Crippen MR) is 79.7 cm³/mol. The van der Waals surface area contributed by atoms with Crippen molar-refractivity contribution in [3.8, 4) is 0 Å². The van der Waals surface area contributed by atoms with E-state index in [2.05, 4.69) is 5.32 Å². The van der Waals surface area contributed by atoms with E-state index < -0.39 is 0 Å². The van der Waals surface area contributed by atoms with Gasteiger partial charge >= 0.3 is 0 Å². The number of amides is 1. The quantitative estimate of drug-likeness (QED) is 0.923. The van der Waals surface area contributed by atoms with Crippen LogP contribution in [0.4, 0.5) is 15.8 Å². The molecule has 1 N–H and O–H groups in total. The third-order valence-electron chi connectivity index (χ3n) is 3.13. The van der Waals surface area contributed by atoms with Crippen LogP contribution in [0, 0.1) is 5.82 Å². The van der Waals surface area contributed by atoms with Gasteiger partial charge in [0.1, 0.15) is 5.82 Å². The highest BCUT2D eigenvalue weighted by Gasteiger charge is 2.18. The van der Waals surface area contributed by atoms with Gasteiger partial charge in [-0.25, -0.2) is 4.39 Å². The van der Waals surface area contributed by atoms with Crippen molar-refractivity contribution in [1.29, 1.82) is 0 Å². The number of hydrogen-bond acceptors (Lipinski definition) is 2. The minimum absolute atomic E-state index is 0.107. The molecule has 0 radical (unpaired) electrons. The Bertz CT molecular complexity index is 596. The summed E-state index contributed by atoms with van der Waals surface area (Å²) in [6, 6.07) is 13.3. The molecular weight excluding hydrogens is 255 g/mol. The van der Waals surface area contributed by atoms with Gasteiger partial charge in [0.15, 0.2) is 0 Å². The minimum Gasteiger partial charge on any atom is -0.387 e. The SMILES string of the molecule is CCN(C(=O)c1ccccc1NC)c1ccc(F)cc1. The third-order valence-corrected chi connectivity index (χ3v) is 3.13. The summed E-state index contributed by atoms with van der Waals surface area (Å²) in [6.07, 6.45) is 0. The number of anilines is 2. The van der Waals surface area contributed by atoms with Gasteiger partial charge in [0.25, 0.3) is 5.91 Å². The molecule has 0 fully saturated rings. The van der Waals surface area contributed by atoms with Crippen molar-refractivity contribution in [2.75, 3.05) is 23.8 Å². The van der Waals surface area contributed by atoms with Crippen LogP contribution in [0.5, 0.6) is 0 Å². The Morgan fingerprint density at radius 1 is 1.15 bits per heavy atom. The van der Waals surface area contributed by atoms with Crippen molar-refractivity contribution in [1.82, 2.24) is 0 Å². The summed E-state index contributed by atoms with van der Waals surface area (Å²) < 4.78 is 13.0. The molecule has 0 aromatic heterocycles. The minimum atomic E-state index is -0.312. The molecule has 0 unspecified atom stereocenters. The van der Waals surface area contributed by atoms with Crippen molar-refractivity contribution >= 4 is 17.3 Å². The first-order valence-corrected chi connectivity index (χ1v) is 6.51. The standard InChI is InChI=1S/C16H17FN2O/c1-3-19(13-10-8-12(17)9-11-13)16(20)14-6-4-5-7-15(14)18-2/h4-11,18H,3H2,1-2H3. The molecular formula is C16H17FN2O. The number of rotatable bonds is 4. The fourth-order valence-electron chi connectivity index (χ4n) is 2.10. The first-order valence-electron chi connectivity index (χ1n) is 6.51. The topological polar surface area (TPSA) is 32.3 Å². The van der Waals surface area contributed by atoms with Crippen LogP contribution >= 0.6 is 0 Å². The fraction of sp³-hybridized carbons (Fsp3) is 0.188. The summed E-state index contributed by atoms with van der Waals surface area (Å²) in [7, 11) is 1.78. The van der Waals surface area contributed by atoms with Gasteiger partial charge in [-0.15, -0.1) is 0 Å². The molecule has 0 saturated carbocycles. The lowest BCUT2D eigenvalue weighted by Crippen LogP contribution is -2.31. The van der Waals surface area contributed by atoms with Crippen LogP contribution in [0.25, 0.3) is 0 Å². The molecule has 4 heteroatoms. The average molecular weight is 272 g/mol. The largest absolute Gasteiger partial charge is 0.387 e. The van der Waals surface area contributed by atoms with Gasteiger partial charge in [-0.3, -0.25) is 4.79 Å². The molecule has 0 aliphatic rings.